The lowest BCUT2D eigenvalue weighted by Crippen LogP contribution is -2.49. The molecule has 0 aromatic rings. The molecule has 25 heavy (non-hydrogen) atoms. The maximum atomic E-state index is 13.0. The van der Waals surface area contributed by atoms with E-state index in [0.29, 0.717) is 12.1 Å². The molecule has 0 aromatic carbocycles. The van der Waals surface area contributed by atoms with Gasteiger partial charge in [0.25, 0.3) is 0 Å². The lowest BCUT2D eigenvalue weighted by molar-refractivity contribution is -0.136. The molecular formula is C21H32N2O2. The summed E-state index contributed by atoms with van der Waals surface area (Å²) in [5, 5.41) is 6.56. The van der Waals surface area contributed by atoms with Crippen molar-refractivity contribution >= 4 is 11.8 Å². The number of amides is 2. The molecule has 0 unspecified atom stereocenters. The summed E-state index contributed by atoms with van der Waals surface area (Å²) in [6, 6.07) is 0.651. The Labute approximate surface area is 151 Å². The van der Waals surface area contributed by atoms with Crippen molar-refractivity contribution in [3.8, 4) is 0 Å². The molecule has 3 saturated carbocycles. The van der Waals surface area contributed by atoms with Gasteiger partial charge in [-0.3, -0.25) is 9.59 Å². The topological polar surface area (TPSA) is 58.2 Å². The second kappa shape index (κ2) is 7.51. The Morgan fingerprint density at radius 3 is 1.44 bits per heavy atom. The fourth-order valence-electron chi connectivity index (χ4n) is 5.63. The number of hydrogen-bond acceptors (Lipinski definition) is 2. The molecule has 0 saturated heterocycles. The molecule has 2 bridgehead atoms. The van der Waals surface area contributed by atoms with Crippen LogP contribution in [-0.4, -0.2) is 23.9 Å². The third-order valence-electron chi connectivity index (χ3n) is 6.97. The van der Waals surface area contributed by atoms with Crippen LogP contribution in [0.25, 0.3) is 0 Å². The molecule has 0 spiro atoms. The fourth-order valence-corrected chi connectivity index (χ4v) is 5.63. The van der Waals surface area contributed by atoms with Gasteiger partial charge in [0.05, 0.1) is 11.8 Å². The smallest absolute Gasteiger partial charge is 0.224 e. The lowest BCUT2D eigenvalue weighted by atomic mass is 9.80. The fraction of sp³-hybridized carbons (Fsp3) is 0.810. The minimum atomic E-state index is -0.152. The van der Waals surface area contributed by atoms with Crippen LogP contribution >= 0.6 is 0 Å². The SMILES string of the molecule is O=C(NC1CCCCC1)[C@H]1[C@H](C(=O)NC2CCCCC2)[C@H]2C=C[C@@H]1C2. The molecule has 3 fully saturated rings. The van der Waals surface area contributed by atoms with Crippen molar-refractivity contribution in [2.75, 3.05) is 0 Å². The Morgan fingerprint density at radius 2 is 1.04 bits per heavy atom. The summed E-state index contributed by atoms with van der Waals surface area (Å²) in [7, 11) is 0. The first kappa shape index (κ1) is 17.1. The van der Waals surface area contributed by atoms with Crippen molar-refractivity contribution < 1.29 is 9.59 Å². The zero-order valence-corrected chi connectivity index (χ0v) is 15.2. The van der Waals surface area contributed by atoms with Gasteiger partial charge < -0.3 is 10.6 Å². The molecule has 4 atom stereocenters. The van der Waals surface area contributed by atoms with E-state index in [2.05, 4.69) is 22.8 Å². The standard InChI is InChI=1S/C21H32N2O2/c24-20(22-16-7-3-1-4-8-16)18-14-11-12-15(13-14)19(18)21(25)23-17-9-5-2-6-10-17/h11-12,14-19H,1-10,13H2,(H,22,24)(H,23,25)/t14-,15+,18-,19-/m1/s1. The number of carbonyl (C=O) groups excluding carboxylic acids is 2. The van der Waals surface area contributed by atoms with Crippen LogP contribution in [0.1, 0.15) is 70.6 Å². The Hall–Kier alpha value is -1.32. The van der Waals surface area contributed by atoms with Gasteiger partial charge in [-0.05, 0) is 43.9 Å². The number of nitrogens with one attached hydrogen (secondary N) is 2. The maximum Gasteiger partial charge on any atom is 0.224 e. The summed E-state index contributed by atoms with van der Waals surface area (Å²) in [6.45, 7) is 0. The minimum Gasteiger partial charge on any atom is -0.353 e. The third kappa shape index (κ3) is 3.63. The first-order chi connectivity index (χ1) is 12.2. The maximum absolute atomic E-state index is 13.0. The normalized spacial score (nSPS) is 35.7. The zero-order chi connectivity index (χ0) is 17.2. The van der Waals surface area contributed by atoms with Crippen LogP contribution < -0.4 is 10.6 Å². The largest absolute Gasteiger partial charge is 0.353 e. The molecule has 2 amide bonds. The number of rotatable bonds is 4. The molecule has 0 radical (unpaired) electrons. The highest BCUT2D eigenvalue weighted by Gasteiger charge is 2.51. The van der Waals surface area contributed by atoms with E-state index in [1.807, 2.05) is 0 Å². The van der Waals surface area contributed by atoms with Gasteiger partial charge in [-0.1, -0.05) is 50.7 Å². The van der Waals surface area contributed by atoms with Gasteiger partial charge in [0.1, 0.15) is 0 Å². The van der Waals surface area contributed by atoms with Crippen molar-refractivity contribution in [3.63, 3.8) is 0 Å². The highest BCUT2D eigenvalue weighted by atomic mass is 16.2. The molecule has 138 valence electrons. The Kier molecular flexibility index (Phi) is 5.14. The number of hydrogen-bond donors (Lipinski definition) is 2. The van der Waals surface area contributed by atoms with E-state index in [1.54, 1.807) is 0 Å². The van der Waals surface area contributed by atoms with E-state index in [4.69, 9.17) is 0 Å². The molecule has 4 heteroatoms. The quantitative estimate of drug-likeness (QED) is 0.769. The molecule has 0 aromatic heterocycles. The molecule has 4 nitrogen and oxygen atoms in total. The van der Waals surface area contributed by atoms with Crippen molar-refractivity contribution in [2.24, 2.45) is 23.7 Å². The van der Waals surface area contributed by atoms with Gasteiger partial charge in [0, 0.05) is 12.1 Å². The average molecular weight is 344 g/mol. The van der Waals surface area contributed by atoms with E-state index in [1.165, 1.54) is 38.5 Å². The summed E-state index contributed by atoms with van der Waals surface area (Å²) in [5.74, 6) is 0.479. The predicted octanol–water partition coefficient (Wildman–Crippen LogP) is 3.32. The molecular weight excluding hydrogens is 312 g/mol. The average Bonchev–Trinajstić information content (AvgIpc) is 3.24. The number of allylic oxidation sites excluding steroid dienone is 2. The summed E-state index contributed by atoms with van der Waals surface area (Å²) >= 11 is 0. The molecule has 4 rings (SSSR count). The second-order valence-corrected chi connectivity index (χ2v) is 8.69. The van der Waals surface area contributed by atoms with Crippen molar-refractivity contribution in [1.29, 1.82) is 0 Å². The van der Waals surface area contributed by atoms with Gasteiger partial charge in [0.2, 0.25) is 11.8 Å². The van der Waals surface area contributed by atoms with Crippen LogP contribution in [0.15, 0.2) is 12.2 Å². The zero-order valence-electron chi connectivity index (χ0n) is 15.2. The van der Waals surface area contributed by atoms with E-state index in [-0.39, 0.29) is 35.5 Å². The lowest BCUT2D eigenvalue weighted by Gasteiger charge is -2.31. The Bertz CT molecular complexity index is 486. The predicted molar refractivity (Wildman–Crippen MR) is 97.7 cm³/mol. The van der Waals surface area contributed by atoms with Gasteiger partial charge >= 0.3 is 0 Å². The number of carbonyl (C=O) groups is 2. The van der Waals surface area contributed by atoms with E-state index >= 15 is 0 Å². The highest BCUT2D eigenvalue weighted by Crippen LogP contribution is 2.48. The summed E-state index contributed by atoms with van der Waals surface area (Å²) in [5.41, 5.74) is 0. The van der Waals surface area contributed by atoms with Crippen LogP contribution in [-0.2, 0) is 9.59 Å². The van der Waals surface area contributed by atoms with Crippen LogP contribution in [0.5, 0.6) is 0 Å². The Morgan fingerprint density at radius 1 is 0.640 bits per heavy atom. The first-order valence-electron chi connectivity index (χ1n) is 10.5. The van der Waals surface area contributed by atoms with Crippen molar-refractivity contribution in [3.05, 3.63) is 12.2 Å². The van der Waals surface area contributed by atoms with Gasteiger partial charge in [-0.25, -0.2) is 0 Å². The minimum absolute atomic E-state index is 0.132. The van der Waals surface area contributed by atoms with E-state index in [0.717, 1.165) is 32.1 Å². The summed E-state index contributed by atoms with van der Waals surface area (Å²) < 4.78 is 0. The van der Waals surface area contributed by atoms with Crippen LogP contribution in [0.4, 0.5) is 0 Å². The van der Waals surface area contributed by atoms with Crippen molar-refractivity contribution in [1.82, 2.24) is 10.6 Å². The van der Waals surface area contributed by atoms with Crippen molar-refractivity contribution in [2.45, 2.75) is 82.7 Å². The summed E-state index contributed by atoms with van der Waals surface area (Å²) in [6.07, 6.45) is 17.2. The molecule has 2 N–H and O–H groups in total. The van der Waals surface area contributed by atoms with Crippen LogP contribution in [0.3, 0.4) is 0 Å². The molecule has 4 aliphatic carbocycles. The third-order valence-corrected chi connectivity index (χ3v) is 6.97. The van der Waals surface area contributed by atoms with E-state index in [9.17, 15) is 9.59 Å². The van der Waals surface area contributed by atoms with Crippen LogP contribution in [0, 0.1) is 23.7 Å². The molecule has 0 heterocycles. The number of fused-ring (bicyclic) bond motifs is 2. The van der Waals surface area contributed by atoms with E-state index < -0.39 is 0 Å². The summed E-state index contributed by atoms with van der Waals surface area (Å²) in [4.78, 5) is 26.0. The van der Waals surface area contributed by atoms with Gasteiger partial charge in [0.15, 0.2) is 0 Å². The van der Waals surface area contributed by atoms with Crippen LogP contribution in [0.2, 0.25) is 0 Å². The molecule has 4 aliphatic rings. The van der Waals surface area contributed by atoms with Gasteiger partial charge in [-0.15, -0.1) is 0 Å². The first-order valence-corrected chi connectivity index (χ1v) is 10.5. The van der Waals surface area contributed by atoms with Gasteiger partial charge in [-0.2, -0.15) is 0 Å². The molecule has 0 aliphatic heterocycles. The Balaban J connectivity index is 1.41. The second-order valence-electron chi connectivity index (χ2n) is 8.69. The highest BCUT2D eigenvalue weighted by molar-refractivity contribution is 5.90. The monoisotopic (exact) mass is 344 g/mol.